The number of carbonyl (C=O) groups is 1. The van der Waals surface area contributed by atoms with Crippen molar-refractivity contribution < 1.29 is 13.9 Å². The van der Waals surface area contributed by atoms with Gasteiger partial charge in [0.2, 0.25) is 0 Å². The molecule has 1 aliphatic rings. The Morgan fingerprint density at radius 2 is 1.70 bits per heavy atom. The third-order valence-corrected chi connectivity index (χ3v) is 9.31. The molecule has 0 N–H and O–H groups in total. The van der Waals surface area contributed by atoms with Gasteiger partial charge in [0.25, 0.3) is 5.91 Å². The van der Waals surface area contributed by atoms with Crippen molar-refractivity contribution in [2.45, 2.75) is 17.8 Å². The molecule has 12 heteroatoms. The molecule has 1 aliphatic heterocycles. The van der Waals surface area contributed by atoms with E-state index in [2.05, 4.69) is 26.1 Å². The van der Waals surface area contributed by atoms with E-state index < -0.39 is 5.82 Å². The van der Waals surface area contributed by atoms with Crippen LogP contribution in [0, 0.1) is 5.82 Å². The Morgan fingerprint density at radius 3 is 2.47 bits per heavy atom. The first-order valence-electron chi connectivity index (χ1n) is 13.8. The van der Waals surface area contributed by atoms with Crippen LogP contribution in [-0.4, -0.2) is 63.3 Å². The Hall–Kier alpha value is -3.93. The van der Waals surface area contributed by atoms with E-state index in [0.717, 1.165) is 16.4 Å². The topological polar surface area (TPSA) is 76.4 Å². The van der Waals surface area contributed by atoms with E-state index in [1.54, 1.807) is 34.2 Å². The number of thioether (sulfide) groups is 1. The quantitative estimate of drug-likeness (QED) is 0.164. The first-order valence-corrected chi connectivity index (χ1v) is 16.1. The first kappa shape index (κ1) is 29.2. The number of benzene rings is 3. The summed E-state index contributed by atoms with van der Waals surface area (Å²) in [4.78, 5) is 22.0. The summed E-state index contributed by atoms with van der Waals surface area (Å²) in [6, 6.07) is 21.7. The van der Waals surface area contributed by atoms with Crippen molar-refractivity contribution in [3.05, 3.63) is 99.7 Å². The molecule has 1 amide bonds. The van der Waals surface area contributed by atoms with Crippen molar-refractivity contribution in [2.75, 3.05) is 37.7 Å². The van der Waals surface area contributed by atoms with Crippen LogP contribution < -0.4 is 9.64 Å². The summed E-state index contributed by atoms with van der Waals surface area (Å²) in [7, 11) is 0. The van der Waals surface area contributed by atoms with Gasteiger partial charge in [-0.2, -0.15) is 0 Å². The summed E-state index contributed by atoms with van der Waals surface area (Å²) in [5, 5.41) is 12.3. The lowest BCUT2D eigenvalue weighted by atomic mass is 10.2. The smallest absolute Gasteiger partial charge is 0.273 e. The van der Waals surface area contributed by atoms with Gasteiger partial charge in [0.15, 0.2) is 11.0 Å². The number of hydrogen-bond acceptors (Lipinski definition) is 8. The highest BCUT2D eigenvalue weighted by Gasteiger charge is 2.26. The second-order valence-electron chi connectivity index (χ2n) is 9.67. The average Bonchev–Trinajstić information content (AvgIpc) is 3.68. The van der Waals surface area contributed by atoms with Crippen molar-refractivity contribution in [1.82, 2.24) is 24.6 Å². The number of rotatable bonds is 9. The minimum absolute atomic E-state index is 0.0826. The van der Waals surface area contributed by atoms with Crippen LogP contribution in [-0.2, 0) is 5.75 Å². The van der Waals surface area contributed by atoms with E-state index in [4.69, 9.17) is 16.3 Å². The van der Waals surface area contributed by atoms with Crippen LogP contribution in [0.2, 0.25) is 5.02 Å². The number of piperazine rings is 1. The molecule has 3 heterocycles. The van der Waals surface area contributed by atoms with Crippen molar-refractivity contribution in [1.29, 1.82) is 0 Å². The molecule has 6 rings (SSSR count). The molecule has 3 aromatic carbocycles. The van der Waals surface area contributed by atoms with Crippen molar-refractivity contribution >= 4 is 46.3 Å². The maximum Gasteiger partial charge on any atom is 0.273 e. The van der Waals surface area contributed by atoms with Gasteiger partial charge < -0.3 is 14.5 Å². The van der Waals surface area contributed by atoms with Crippen LogP contribution in [0.15, 0.2) is 83.3 Å². The number of hydrogen-bond donors (Lipinski definition) is 0. The number of carbonyl (C=O) groups excluding carboxylic acids is 1. The summed E-state index contributed by atoms with van der Waals surface area (Å²) in [5.74, 6) is 1.25. The van der Waals surface area contributed by atoms with Crippen LogP contribution in [0.3, 0.4) is 0 Å². The van der Waals surface area contributed by atoms with E-state index in [9.17, 15) is 9.18 Å². The maximum absolute atomic E-state index is 15.0. The summed E-state index contributed by atoms with van der Waals surface area (Å²) in [6.07, 6.45) is 0. The lowest BCUT2D eigenvalue weighted by Crippen LogP contribution is -2.49. The average molecular weight is 635 g/mol. The molecule has 0 saturated carbocycles. The van der Waals surface area contributed by atoms with Gasteiger partial charge in [0, 0.05) is 37.1 Å². The van der Waals surface area contributed by atoms with Gasteiger partial charge in [-0.3, -0.25) is 9.36 Å². The van der Waals surface area contributed by atoms with Crippen molar-refractivity contribution in [3.8, 4) is 22.8 Å². The van der Waals surface area contributed by atoms with Gasteiger partial charge in [0.1, 0.15) is 22.3 Å². The Kier molecular flexibility index (Phi) is 8.92. The fraction of sp³-hybridized carbons (Fsp3) is 0.226. The zero-order valence-corrected chi connectivity index (χ0v) is 25.7. The minimum atomic E-state index is -0.402. The van der Waals surface area contributed by atoms with Gasteiger partial charge in [-0.25, -0.2) is 9.37 Å². The Bertz CT molecular complexity index is 1740. The molecule has 0 spiro atoms. The molecule has 1 saturated heterocycles. The third kappa shape index (κ3) is 6.24. The van der Waals surface area contributed by atoms with Crippen LogP contribution >= 0.6 is 34.7 Å². The van der Waals surface area contributed by atoms with Gasteiger partial charge in [-0.05, 0) is 43.3 Å². The van der Waals surface area contributed by atoms with E-state index >= 15 is 0 Å². The van der Waals surface area contributed by atoms with Crippen LogP contribution in [0.5, 0.6) is 5.75 Å². The zero-order chi connectivity index (χ0) is 29.8. The Balaban J connectivity index is 1.15. The molecule has 220 valence electrons. The number of nitrogens with zero attached hydrogens (tertiary/aromatic N) is 6. The summed E-state index contributed by atoms with van der Waals surface area (Å²) in [5.41, 5.74) is 2.44. The number of para-hydroxylation sites is 3. The molecule has 43 heavy (non-hydrogen) atoms. The van der Waals surface area contributed by atoms with E-state index in [1.807, 2.05) is 48.2 Å². The molecule has 2 aromatic heterocycles. The van der Waals surface area contributed by atoms with E-state index in [-0.39, 0.29) is 5.91 Å². The number of thiazole rings is 1. The predicted molar refractivity (Wildman–Crippen MR) is 169 cm³/mol. The Morgan fingerprint density at radius 1 is 0.977 bits per heavy atom. The Labute approximate surface area is 262 Å². The van der Waals surface area contributed by atoms with Crippen LogP contribution in [0.1, 0.15) is 22.4 Å². The molecular formula is C31H28ClFN6O2S2. The lowest BCUT2D eigenvalue weighted by Gasteiger charge is -2.36. The SMILES string of the molecule is CCOc1ccccc1N1CCN(C(=O)c2csc(CSc3nnc(-c4ccccc4Cl)n3-c3ccccc3F)n2)CC1. The number of ether oxygens (including phenoxy) is 1. The third-order valence-electron chi connectivity index (χ3n) is 7.01. The highest BCUT2D eigenvalue weighted by Crippen LogP contribution is 2.34. The summed E-state index contributed by atoms with van der Waals surface area (Å²) in [6.45, 7) is 5.18. The highest BCUT2D eigenvalue weighted by molar-refractivity contribution is 7.98. The van der Waals surface area contributed by atoms with Crippen molar-refractivity contribution in [3.63, 3.8) is 0 Å². The molecule has 0 atom stereocenters. The fourth-order valence-electron chi connectivity index (χ4n) is 4.94. The summed E-state index contributed by atoms with van der Waals surface area (Å²) >= 11 is 9.25. The van der Waals surface area contributed by atoms with Gasteiger partial charge in [-0.1, -0.05) is 59.8 Å². The number of aromatic nitrogens is 4. The predicted octanol–water partition coefficient (Wildman–Crippen LogP) is 6.84. The molecule has 0 unspecified atom stereocenters. The molecular weight excluding hydrogens is 607 g/mol. The molecule has 0 aliphatic carbocycles. The van der Waals surface area contributed by atoms with Gasteiger partial charge >= 0.3 is 0 Å². The number of amides is 1. The first-order chi connectivity index (χ1) is 21.0. The second-order valence-corrected chi connectivity index (χ2v) is 12.0. The molecule has 8 nitrogen and oxygen atoms in total. The maximum atomic E-state index is 15.0. The standard InChI is InChI=1S/C31H28ClFN6O2S2/c1-2-41-27-14-8-7-13-26(27)37-15-17-38(18-16-37)30(40)24-19-42-28(34-24)20-43-31-36-35-29(21-9-3-4-10-22(21)32)39(31)25-12-6-5-11-23(25)33/h3-14,19H,2,15-18,20H2,1H3. The van der Waals surface area contributed by atoms with E-state index in [1.165, 1.54) is 29.2 Å². The minimum Gasteiger partial charge on any atom is -0.492 e. The number of halogens is 2. The van der Waals surface area contributed by atoms with Crippen molar-refractivity contribution in [2.24, 2.45) is 0 Å². The highest BCUT2D eigenvalue weighted by atomic mass is 35.5. The summed E-state index contributed by atoms with van der Waals surface area (Å²) < 4.78 is 22.4. The molecule has 0 bridgehead atoms. The molecule has 1 fully saturated rings. The second kappa shape index (κ2) is 13.2. The largest absolute Gasteiger partial charge is 0.492 e. The van der Waals surface area contributed by atoms with Crippen LogP contribution in [0.25, 0.3) is 17.1 Å². The molecule has 0 radical (unpaired) electrons. The zero-order valence-electron chi connectivity index (χ0n) is 23.3. The van der Waals surface area contributed by atoms with Gasteiger partial charge in [-0.15, -0.1) is 21.5 Å². The van der Waals surface area contributed by atoms with Crippen LogP contribution in [0.4, 0.5) is 10.1 Å². The number of anilines is 1. The lowest BCUT2D eigenvalue weighted by molar-refractivity contribution is 0.0741. The fourth-order valence-corrected chi connectivity index (χ4v) is 6.89. The normalized spacial score (nSPS) is 13.4. The monoisotopic (exact) mass is 634 g/mol. The molecule has 5 aromatic rings. The van der Waals surface area contributed by atoms with Gasteiger partial charge in [0.05, 0.1) is 28.8 Å². The van der Waals surface area contributed by atoms with E-state index in [0.29, 0.717) is 71.5 Å².